The van der Waals surface area contributed by atoms with Gasteiger partial charge in [0.25, 0.3) is 0 Å². The molecule has 3 aromatic heterocycles. The van der Waals surface area contributed by atoms with E-state index in [2.05, 4.69) is 51.9 Å². The van der Waals surface area contributed by atoms with Crippen molar-refractivity contribution < 1.29 is 4.39 Å². The normalized spacial score (nSPS) is 11.8. The maximum atomic E-state index is 14.2. The Morgan fingerprint density at radius 1 is 1.03 bits per heavy atom. The molecule has 0 unspecified atom stereocenters. The number of H-pyrrole nitrogens is 2. The van der Waals surface area contributed by atoms with Gasteiger partial charge >= 0.3 is 0 Å². The summed E-state index contributed by atoms with van der Waals surface area (Å²) < 4.78 is 14.2. The number of allylic oxidation sites excluding steroid dienone is 2. The first-order valence-corrected chi connectivity index (χ1v) is 11.1. The van der Waals surface area contributed by atoms with Gasteiger partial charge in [-0.1, -0.05) is 30.9 Å². The third kappa shape index (κ3) is 3.86. The Balaban J connectivity index is 1.63. The van der Waals surface area contributed by atoms with E-state index in [1.807, 2.05) is 44.3 Å². The number of nitrogens with zero attached hydrogens (tertiary/aromatic N) is 2. The minimum atomic E-state index is -0.255. The molecular weight excluding hydrogens is 423 g/mol. The van der Waals surface area contributed by atoms with Crippen LogP contribution in [0.2, 0.25) is 0 Å². The highest BCUT2D eigenvalue weighted by atomic mass is 19.1. The summed E-state index contributed by atoms with van der Waals surface area (Å²) in [5.74, 6) is -0.255. The highest BCUT2D eigenvalue weighted by Gasteiger charge is 2.17. The minimum Gasteiger partial charge on any atom is -0.357 e. The molecule has 0 spiro atoms. The summed E-state index contributed by atoms with van der Waals surface area (Å²) in [5, 5.41) is 8.77. The van der Waals surface area contributed by atoms with Crippen molar-refractivity contribution >= 4 is 16.5 Å². The summed E-state index contributed by atoms with van der Waals surface area (Å²) in [4.78, 5) is 7.78. The second kappa shape index (κ2) is 8.60. The number of pyridine rings is 1. The fourth-order valence-electron chi connectivity index (χ4n) is 4.47. The summed E-state index contributed by atoms with van der Waals surface area (Å²) in [6, 6.07) is 15.4. The van der Waals surface area contributed by atoms with E-state index in [0.717, 1.165) is 61.4 Å². The molecule has 4 nitrogen and oxygen atoms in total. The molecule has 0 fully saturated rings. The maximum Gasteiger partial charge on any atom is 0.124 e. The molecule has 0 aliphatic carbocycles. The molecule has 5 aromatic rings. The number of hydrogen-bond acceptors (Lipinski definition) is 2. The van der Waals surface area contributed by atoms with Gasteiger partial charge in [-0.05, 0) is 85.0 Å². The fraction of sp³-hybridized carbons (Fsp3) is 0.103. The van der Waals surface area contributed by atoms with Crippen LogP contribution in [-0.4, -0.2) is 20.2 Å². The molecular formula is C29H25FN4. The van der Waals surface area contributed by atoms with E-state index >= 15 is 0 Å². The first-order valence-electron chi connectivity index (χ1n) is 11.1. The third-order valence-electron chi connectivity index (χ3n) is 6.11. The molecule has 168 valence electrons. The summed E-state index contributed by atoms with van der Waals surface area (Å²) in [5.41, 5.74) is 10.6. The van der Waals surface area contributed by atoms with Crippen molar-refractivity contribution in [2.24, 2.45) is 0 Å². The van der Waals surface area contributed by atoms with Gasteiger partial charge in [0.1, 0.15) is 11.5 Å². The van der Waals surface area contributed by atoms with Crippen molar-refractivity contribution in [1.29, 1.82) is 0 Å². The molecule has 0 aliphatic heterocycles. The minimum absolute atomic E-state index is 0.255. The number of aromatic nitrogens is 4. The van der Waals surface area contributed by atoms with Gasteiger partial charge in [0.05, 0.1) is 11.2 Å². The van der Waals surface area contributed by atoms with Gasteiger partial charge in [0.15, 0.2) is 0 Å². The van der Waals surface area contributed by atoms with Crippen LogP contribution >= 0.6 is 0 Å². The number of hydrogen-bond donors (Lipinski definition) is 2. The Morgan fingerprint density at radius 3 is 2.65 bits per heavy atom. The van der Waals surface area contributed by atoms with Gasteiger partial charge in [-0.3, -0.25) is 10.1 Å². The third-order valence-corrected chi connectivity index (χ3v) is 6.11. The maximum absolute atomic E-state index is 14.2. The van der Waals surface area contributed by atoms with E-state index in [-0.39, 0.29) is 5.82 Å². The molecule has 0 radical (unpaired) electrons. The quantitative estimate of drug-likeness (QED) is 0.277. The average molecular weight is 449 g/mol. The van der Waals surface area contributed by atoms with Gasteiger partial charge in [0.2, 0.25) is 0 Å². The molecule has 0 aliphatic rings. The van der Waals surface area contributed by atoms with Crippen molar-refractivity contribution in [2.45, 2.75) is 20.8 Å². The SMILES string of the molecule is C=C/C=C(/c1cc(C)cc(F)c1)c1cc(-c2n[nH]c3ccc(-c4cnccc4C)cc23)[nH]c1C. The van der Waals surface area contributed by atoms with Crippen molar-refractivity contribution in [3.63, 3.8) is 0 Å². The summed E-state index contributed by atoms with van der Waals surface area (Å²) in [6.45, 7) is 9.86. The van der Waals surface area contributed by atoms with Gasteiger partial charge in [-0.2, -0.15) is 5.10 Å². The zero-order chi connectivity index (χ0) is 23.8. The van der Waals surface area contributed by atoms with Crippen LogP contribution in [0, 0.1) is 26.6 Å². The molecule has 34 heavy (non-hydrogen) atoms. The van der Waals surface area contributed by atoms with Gasteiger partial charge in [0, 0.05) is 34.6 Å². The van der Waals surface area contributed by atoms with Crippen LogP contribution in [-0.2, 0) is 0 Å². The Bertz CT molecular complexity index is 1550. The Hall–Kier alpha value is -4.25. The number of aromatic amines is 2. The molecule has 2 aromatic carbocycles. The predicted molar refractivity (Wildman–Crippen MR) is 137 cm³/mol. The smallest absolute Gasteiger partial charge is 0.124 e. The standard InChI is InChI=1S/C29H25FN4/c1-5-6-23(21-11-17(2)12-22(30)13-21)24-15-28(32-19(24)4)29-25-14-20(7-8-27(25)33-34-29)26-16-31-10-9-18(26)3/h5-16,32H,1H2,2-4H3,(H,33,34)/b23-6-. The molecule has 0 atom stereocenters. The second-order valence-corrected chi connectivity index (χ2v) is 8.58. The van der Waals surface area contributed by atoms with Crippen LogP contribution in [0.3, 0.4) is 0 Å². The van der Waals surface area contributed by atoms with Crippen molar-refractivity contribution in [3.8, 4) is 22.5 Å². The van der Waals surface area contributed by atoms with Crippen LogP contribution in [0.4, 0.5) is 4.39 Å². The number of aryl methyl sites for hydroxylation is 3. The monoisotopic (exact) mass is 448 g/mol. The molecule has 5 rings (SSSR count). The number of benzene rings is 2. The number of halogens is 1. The Kier molecular flexibility index (Phi) is 5.46. The fourth-order valence-corrected chi connectivity index (χ4v) is 4.47. The lowest BCUT2D eigenvalue weighted by atomic mass is 9.96. The molecule has 0 saturated heterocycles. The number of nitrogens with one attached hydrogen (secondary N) is 2. The summed E-state index contributed by atoms with van der Waals surface area (Å²) in [6.07, 6.45) is 7.34. The van der Waals surface area contributed by atoms with Gasteiger partial charge in [-0.15, -0.1) is 0 Å². The van der Waals surface area contributed by atoms with Gasteiger partial charge in [-0.25, -0.2) is 4.39 Å². The zero-order valence-electron chi connectivity index (χ0n) is 19.4. The summed E-state index contributed by atoms with van der Waals surface area (Å²) >= 11 is 0. The van der Waals surface area contributed by atoms with Crippen LogP contribution < -0.4 is 0 Å². The van der Waals surface area contributed by atoms with Crippen LogP contribution in [0.1, 0.15) is 27.9 Å². The highest BCUT2D eigenvalue weighted by Crippen LogP contribution is 2.35. The van der Waals surface area contributed by atoms with Gasteiger partial charge < -0.3 is 4.98 Å². The first kappa shape index (κ1) is 21.6. The van der Waals surface area contributed by atoms with Crippen LogP contribution in [0.15, 0.2) is 79.7 Å². The topological polar surface area (TPSA) is 57.4 Å². The summed E-state index contributed by atoms with van der Waals surface area (Å²) in [7, 11) is 0. The van der Waals surface area contributed by atoms with Crippen LogP contribution in [0.25, 0.3) is 39.0 Å². The van der Waals surface area contributed by atoms with Crippen molar-refractivity contribution in [2.75, 3.05) is 0 Å². The first-order chi connectivity index (χ1) is 16.4. The number of rotatable bonds is 5. The molecule has 0 saturated carbocycles. The molecule has 0 amide bonds. The molecule has 0 bridgehead atoms. The molecule has 3 heterocycles. The zero-order valence-corrected chi connectivity index (χ0v) is 19.4. The largest absolute Gasteiger partial charge is 0.357 e. The molecule has 2 N–H and O–H groups in total. The predicted octanol–water partition coefficient (Wildman–Crippen LogP) is 7.30. The number of fused-ring (bicyclic) bond motifs is 1. The lowest BCUT2D eigenvalue weighted by molar-refractivity contribution is 0.626. The van der Waals surface area contributed by atoms with Crippen molar-refractivity contribution in [3.05, 3.63) is 113 Å². The van der Waals surface area contributed by atoms with E-state index in [4.69, 9.17) is 0 Å². The van der Waals surface area contributed by atoms with E-state index in [9.17, 15) is 4.39 Å². The second-order valence-electron chi connectivity index (χ2n) is 8.58. The lowest BCUT2D eigenvalue weighted by Gasteiger charge is -2.09. The lowest BCUT2D eigenvalue weighted by Crippen LogP contribution is -1.91. The molecule has 5 heteroatoms. The van der Waals surface area contributed by atoms with E-state index in [0.29, 0.717) is 0 Å². The van der Waals surface area contributed by atoms with Crippen LogP contribution in [0.5, 0.6) is 0 Å². The highest BCUT2D eigenvalue weighted by molar-refractivity contribution is 5.96. The average Bonchev–Trinajstić information content (AvgIpc) is 3.40. The Morgan fingerprint density at radius 2 is 1.88 bits per heavy atom. The van der Waals surface area contributed by atoms with E-state index < -0.39 is 0 Å². The van der Waals surface area contributed by atoms with E-state index in [1.54, 1.807) is 18.3 Å². The van der Waals surface area contributed by atoms with E-state index in [1.165, 1.54) is 11.6 Å². The van der Waals surface area contributed by atoms with Crippen molar-refractivity contribution in [1.82, 2.24) is 20.2 Å². The Labute approximate surface area is 197 Å².